The first-order chi connectivity index (χ1) is 14.9. The first-order valence-corrected chi connectivity index (χ1v) is 11.0. The number of imidazole rings is 1. The Labute approximate surface area is 183 Å². The number of sulfone groups is 1. The molecule has 0 atom stereocenters. The summed E-state index contributed by atoms with van der Waals surface area (Å²) in [5.41, 5.74) is 1.15. The number of nitrogens with one attached hydrogen (secondary N) is 1. The summed E-state index contributed by atoms with van der Waals surface area (Å²) >= 11 is 0. The van der Waals surface area contributed by atoms with Crippen molar-refractivity contribution in [1.29, 1.82) is 0 Å². The Balaban J connectivity index is 2.06. The molecule has 0 aliphatic heterocycles. The van der Waals surface area contributed by atoms with Gasteiger partial charge < -0.3 is 14.8 Å². The molecule has 3 heterocycles. The largest absolute Gasteiger partial charge is 0.495 e. The van der Waals surface area contributed by atoms with E-state index in [2.05, 4.69) is 20.0 Å². The zero-order valence-corrected chi connectivity index (χ0v) is 18.7. The van der Waals surface area contributed by atoms with Gasteiger partial charge in [-0.25, -0.2) is 18.4 Å². The Kier molecular flexibility index (Phi) is 6.65. The van der Waals surface area contributed by atoms with Crippen molar-refractivity contribution in [2.24, 2.45) is 0 Å². The molecule has 8 nitrogen and oxygen atoms in total. The fourth-order valence-corrected chi connectivity index (χ4v) is 4.27. The van der Waals surface area contributed by atoms with E-state index < -0.39 is 27.1 Å². The number of alkyl halides is 2. The standard InChI is InChI=1S/C20H23F3N4O4S/c1-20(2,3)32(28,29)15-11-27-13(10-25-18(27)9-14(15)30-4)12-7-16(21)26-17(8-12)24-5-6-31-19(22)23/h7-11,19H,5-6H2,1-4H3,(H,24,26). The van der Waals surface area contributed by atoms with Gasteiger partial charge in [-0.3, -0.25) is 4.40 Å². The summed E-state index contributed by atoms with van der Waals surface area (Å²) in [5.74, 6) is -0.568. The molecule has 0 amide bonds. The molecule has 12 heteroatoms. The number of methoxy groups -OCH3 is 1. The highest BCUT2D eigenvalue weighted by Crippen LogP contribution is 2.34. The van der Waals surface area contributed by atoms with E-state index in [4.69, 9.17) is 4.74 Å². The monoisotopic (exact) mass is 472 g/mol. The SMILES string of the molecule is COc1cc2ncc(-c3cc(F)nc(NCCOC(F)F)c3)n2cc1S(=O)(=O)C(C)(C)C. The van der Waals surface area contributed by atoms with Crippen molar-refractivity contribution in [3.05, 3.63) is 36.5 Å². The van der Waals surface area contributed by atoms with Crippen LogP contribution in [0.25, 0.3) is 16.9 Å². The molecule has 0 bridgehead atoms. The molecule has 0 unspecified atom stereocenters. The number of ether oxygens (including phenoxy) is 2. The smallest absolute Gasteiger partial charge is 0.345 e. The Morgan fingerprint density at radius 3 is 2.56 bits per heavy atom. The molecule has 3 aromatic heterocycles. The molecule has 0 saturated carbocycles. The van der Waals surface area contributed by atoms with E-state index in [0.717, 1.165) is 6.07 Å². The second kappa shape index (κ2) is 8.94. The average molecular weight is 472 g/mol. The van der Waals surface area contributed by atoms with Gasteiger partial charge in [0, 0.05) is 30.4 Å². The van der Waals surface area contributed by atoms with Crippen LogP contribution in [-0.4, -0.2) is 54.4 Å². The van der Waals surface area contributed by atoms with Crippen LogP contribution in [0.3, 0.4) is 0 Å². The third-order valence-electron chi connectivity index (χ3n) is 4.63. The molecule has 0 aliphatic rings. The van der Waals surface area contributed by atoms with Crippen LogP contribution in [0.2, 0.25) is 0 Å². The maximum atomic E-state index is 14.2. The molecule has 3 aromatic rings. The molecule has 0 saturated heterocycles. The summed E-state index contributed by atoms with van der Waals surface area (Å²) in [5, 5.41) is 2.71. The van der Waals surface area contributed by atoms with Crippen LogP contribution in [0, 0.1) is 5.95 Å². The summed E-state index contributed by atoms with van der Waals surface area (Å²) < 4.78 is 74.3. The Hall–Kier alpha value is -2.86. The quantitative estimate of drug-likeness (QED) is 0.394. The van der Waals surface area contributed by atoms with Gasteiger partial charge in [0.2, 0.25) is 5.95 Å². The molecule has 32 heavy (non-hydrogen) atoms. The van der Waals surface area contributed by atoms with Crippen molar-refractivity contribution in [2.75, 3.05) is 25.6 Å². The van der Waals surface area contributed by atoms with E-state index in [1.807, 2.05) is 0 Å². The number of hydrogen-bond donors (Lipinski definition) is 1. The van der Waals surface area contributed by atoms with Gasteiger partial charge in [-0.05, 0) is 26.8 Å². The molecule has 174 valence electrons. The van der Waals surface area contributed by atoms with E-state index in [1.54, 1.807) is 20.8 Å². The topological polar surface area (TPSA) is 94.8 Å². The minimum atomic E-state index is -3.77. The van der Waals surface area contributed by atoms with Crippen LogP contribution in [0.1, 0.15) is 20.8 Å². The van der Waals surface area contributed by atoms with Crippen LogP contribution in [0.15, 0.2) is 35.5 Å². The lowest BCUT2D eigenvalue weighted by Gasteiger charge is -2.21. The number of rotatable bonds is 8. The van der Waals surface area contributed by atoms with Crippen molar-refractivity contribution in [1.82, 2.24) is 14.4 Å². The predicted molar refractivity (Wildman–Crippen MR) is 112 cm³/mol. The van der Waals surface area contributed by atoms with Crippen molar-refractivity contribution in [3.8, 4) is 17.0 Å². The lowest BCUT2D eigenvalue weighted by molar-refractivity contribution is -0.125. The number of hydrogen-bond acceptors (Lipinski definition) is 7. The summed E-state index contributed by atoms with van der Waals surface area (Å²) in [6.45, 7) is 1.52. The lowest BCUT2D eigenvalue weighted by Crippen LogP contribution is -2.28. The molecule has 0 radical (unpaired) electrons. The van der Waals surface area contributed by atoms with Gasteiger partial charge in [-0.2, -0.15) is 13.2 Å². The summed E-state index contributed by atoms with van der Waals surface area (Å²) in [6.07, 6.45) is 2.85. The molecule has 0 aromatic carbocycles. The molecule has 0 aliphatic carbocycles. The Morgan fingerprint density at radius 2 is 1.94 bits per heavy atom. The second-order valence-electron chi connectivity index (χ2n) is 7.82. The minimum absolute atomic E-state index is 0.0153. The summed E-state index contributed by atoms with van der Waals surface area (Å²) in [7, 11) is -2.41. The van der Waals surface area contributed by atoms with E-state index in [0.29, 0.717) is 16.9 Å². The number of pyridine rings is 2. The second-order valence-corrected chi connectivity index (χ2v) is 10.5. The third kappa shape index (κ3) is 4.80. The van der Waals surface area contributed by atoms with E-state index in [1.165, 1.54) is 36.0 Å². The minimum Gasteiger partial charge on any atom is -0.495 e. The highest BCUT2D eigenvalue weighted by atomic mass is 32.2. The van der Waals surface area contributed by atoms with E-state index >= 15 is 0 Å². The van der Waals surface area contributed by atoms with Gasteiger partial charge in [-0.1, -0.05) is 0 Å². The van der Waals surface area contributed by atoms with Crippen molar-refractivity contribution in [3.63, 3.8) is 0 Å². The number of fused-ring (bicyclic) bond motifs is 1. The maximum absolute atomic E-state index is 14.2. The Morgan fingerprint density at radius 1 is 1.22 bits per heavy atom. The summed E-state index contributed by atoms with van der Waals surface area (Å²) in [4.78, 5) is 7.92. The van der Waals surface area contributed by atoms with Crippen molar-refractivity contribution < 1.29 is 31.1 Å². The van der Waals surface area contributed by atoms with Crippen LogP contribution < -0.4 is 10.1 Å². The highest BCUT2D eigenvalue weighted by molar-refractivity contribution is 7.92. The number of halogens is 3. The number of nitrogens with zero attached hydrogens (tertiary/aromatic N) is 3. The molecular weight excluding hydrogens is 449 g/mol. The van der Waals surface area contributed by atoms with Crippen LogP contribution in [-0.2, 0) is 14.6 Å². The number of aromatic nitrogens is 3. The van der Waals surface area contributed by atoms with Crippen molar-refractivity contribution >= 4 is 21.3 Å². The predicted octanol–water partition coefficient (Wildman–Crippen LogP) is 3.77. The van der Waals surface area contributed by atoms with E-state index in [9.17, 15) is 21.6 Å². The van der Waals surface area contributed by atoms with Crippen LogP contribution in [0.5, 0.6) is 5.75 Å². The normalized spacial score (nSPS) is 12.5. The van der Waals surface area contributed by atoms with Gasteiger partial charge in [0.1, 0.15) is 22.1 Å². The maximum Gasteiger partial charge on any atom is 0.345 e. The number of anilines is 1. The zero-order valence-electron chi connectivity index (χ0n) is 17.9. The zero-order chi connectivity index (χ0) is 23.7. The average Bonchev–Trinajstić information content (AvgIpc) is 3.11. The van der Waals surface area contributed by atoms with Crippen LogP contribution >= 0.6 is 0 Å². The van der Waals surface area contributed by atoms with E-state index in [-0.39, 0.29) is 29.6 Å². The van der Waals surface area contributed by atoms with Gasteiger partial charge >= 0.3 is 6.61 Å². The molecular formula is C20H23F3N4O4S. The van der Waals surface area contributed by atoms with Gasteiger partial charge in [0.05, 0.1) is 30.4 Å². The molecule has 0 fully saturated rings. The first-order valence-electron chi connectivity index (χ1n) is 9.55. The van der Waals surface area contributed by atoms with Gasteiger partial charge in [0.25, 0.3) is 0 Å². The van der Waals surface area contributed by atoms with Crippen LogP contribution in [0.4, 0.5) is 19.0 Å². The molecule has 3 rings (SSSR count). The van der Waals surface area contributed by atoms with Crippen molar-refractivity contribution in [2.45, 2.75) is 37.0 Å². The highest BCUT2D eigenvalue weighted by Gasteiger charge is 2.34. The third-order valence-corrected chi connectivity index (χ3v) is 7.13. The van der Waals surface area contributed by atoms with Gasteiger partial charge in [-0.15, -0.1) is 0 Å². The summed E-state index contributed by atoms with van der Waals surface area (Å²) in [6, 6.07) is 4.14. The molecule has 0 spiro atoms. The fourth-order valence-electron chi connectivity index (χ4n) is 2.95. The lowest BCUT2D eigenvalue weighted by atomic mass is 10.2. The first kappa shape index (κ1) is 23.8. The fraction of sp³-hybridized carbons (Fsp3) is 0.400. The van der Waals surface area contributed by atoms with Gasteiger partial charge in [0.15, 0.2) is 9.84 Å². The Bertz CT molecular complexity index is 1220. The molecule has 1 N–H and O–H groups in total.